The van der Waals surface area contributed by atoms with E-state index in [0.717, 1.165) is 41.3 Å². The lowest BCUT2D eigenvalue weighted by Crippen LogP contribution is -2.49. The second-order valence-corrected chi connectivity index (χ2v) is 8.38. The van der Waals surface area contributed by atoms with Crippen molar-refractivity contribution >= 4 is 33.5 Å². The summed E-state index contributed by atoms with van der Waals surface area (Å²) in [4.78, 5) is 13.5. The van der Waals surface area contributed by atoms with E-state index in [4.69, 9.17) is 0 Å². The zero-order valence-electron chi connectivity index (χ0n) is 12.4. The van der Waals surface area contributed by atoms with Crippen molar-refractivity contribution in [3.05, 3.63) is 44.6 Å². The van der Waals surface area contributed by atoms with Crippen LogP contribution in [0.4, 0.5) is 4.39 Å². The van der Waals surface area contributed by atoms with Gasteiger partial charge in [-0.2, -0.15) is 0 Å². The molecule has 0 radical (unpaired) electrons. The van der Waals surface area contributed by atoms with Crippen LogP contribution in [0, 0.1) is 5.92 Å². The summed E-state index contributed by atoms with van der Waals surface area (Å²) < 4.78 is 16.6. The van der Waals surface area contributed by atoms with E-state index in [1.807, 2.05) is 0 Å². The van der Waals surface area contributed by atoms with Crippen LogP contribution >= 0.6 is 27.7 Å². The van der Waals surface area contributed by atoms with E-state index in [1.54, 1.807) is 17.8 Å². The number of nitrogens with one attached hydrogen (secondary N) is 1. The lowest BCUT2D eigenvalue weighted by Gasteiger charge is -2.42. The molecule has 4 rings (SSSR count). The lowest BCUT2D eigenvalue weighted by atomic mass is 9.71. The molecule has 2 aliphatic carbocycles. The average Bonchev–Trinajstić information content (AvgIpc) is 2.97. The van der Waals surface area contributed by atoms with E-state index in [-0.39, 0.29) is 5.78 Å². The summed E-state index contributed by atoms with van der Waals surface area (Å²) in [5, 5.41) is 13.8. The van der Waals surface area contributed by atoms with Gasteiger partial charge in [0.2, 0.25) is 0 Å². The number of aliphatic hydroxyl groups is 1. The fourth-order valence-electron chi connectivity index (χ4n) is 3.85. The summed E-state index contributed by atoms with van der Waals surface area (Å²) in [6.07, 6.45) is 6.15. The summed E-state index contributed by atoms with van der Waals surface area (Å²) >= 11 is 4.92. The van der Waals surface area contributed by atoms with E-state index >= 15 is 4.39 Å². The molecule has 0 fully saturated rings. The standard InChI is InChI=1S/C17H17BrFNO2S/c18-9-4-5-13(22)17(19,8-9)15-14-10(2-1-3-12(14)21)20-11-6-7-23-16(11)15/h4-5,8,13,15,20,22H,1-3,6-7H2. The first-order valence-electron chi connectivity index (χ1n) is 7.83. The van der Waals surface area contributed by atoms with E-state index in [1.165, 1.54) is 12.2 Å². The molecular formula is C17H17BrFNO2S. The Morgan fingerprint density at radius 1 is 1.35 bits per heavy atom. The number of halogens is 2. The van der Waals surface area contributed by atoms with Gasteiger partial charge < -0.3 is 10.4 Å². The molecule has 4 aliphatic rings. The van der Waals surface area contributed by atoms with E-state index in [0.29, 0.717) is 16.5 Å². The molecule has 0 aromatic heterocycles. The molecular weight excluding hydrogens is 381 g/mol. The normalized spacial score (nSPS) is 36.7. The van der Waals surface area contributed by atoms with E-state index in [9.17, 15) is 9.90 Å². The van der Waals surface area contributed by atoms with Crippen LogP contribution < -0.4 is 5.32 Å². The molecule has 2 heterocycles. The number of hydrogen-bond donors (Lipinski definition) is 2. The van der Waals surface area contributed by atoms with Crippen LogP contribution in [0.1, 0.15) is 25.7 Å². The predicted octanol–water partition coefficient (Wildman–Crippen LogP) is 3.48. The maximum Gasteiger partial charge on any atom is 0.171 e. The van der Waals surface area contributed by atoms with Gasteiger partial charge in [-0.1, -0.05) is 22.0 Å². The molecule has 0 saturated heterocycles. The third-order valence-corrected chi connectivity index (χ3v) is 6.60. The molecule has 0 saturated carbocycles. The van der Waals surface area contributed by atoms with Gasteiger partial charge in [-0.15, -0.1) is 11.8 Å². The topological polar surface area (TPSA) is 49.3 Å². The van der Waals surface area contributed by atoms with Gasteiger partial charge in [0.25, 0.3) is 0 Å². The van der Waals surface area contributed by atoms with Gasteiger partial charge in [0.05, 0.1) is 5.92 Å². The average molecular weight is 398 g/mol. The molecule has 3 nitrogen and oxygen atoms in total. The molecule has 3 unspecified atom stereocenters. The SMILES string of the molecule is O=C1CCCC2=C1C(C1(F)C=C(Br)C=CC1O)C1=C(CCS1)N2. The Hall–Kier alpha value is -0.850. The molecule has 0 aromatic rings. The summed E-state index contributed by atoms with van der Waals surface area (Å²) in [6, 6.07) is 0. The van der Waals surface area contributed by atoms with Crippen LogP contribution in [-0.4, -0.2) is 28.4 Å². The highest BCUT2D eigenvalue weighted by Crippen LogP contribution is 2.53. The van der Waals surface area contributed by atoms with Gasteiger partial charge in [-0.05, 0) is 31.4 Å². The van der Waals surface area contributed by atoms with Crippen LogP contribution in [0.5, 0.6) is 0 Å². The third kappa shape index (κ3) is 2.37. The molecule has 3 atom stereocenters. The van der Waals surface area contributed by atoms with Crippen molar-refractivity contribution in [2.45, 2.75) is 37.5 Å². The van der Waals surface area contributed by atoms with Gasteiger partial charge in [0.15, 0.2) is 11.5 Å². The molecule has 0 amide bonds. The van der Waals surface area contributed by atoms with Crippen LogP contribution in [0.3, 0.4) is 0 Å². The quantitative estimate of drug-likeness (QED) is 0.710. The van der Waals surface area contributed by atoms with E-state index in [2.05, 4.69) is 21.2 Å². The van der Waals surface area contributed by atoms with Gasteiger partial charge >= 0.3 is 0 Å². The Morgan fingerprint density at radius 2 is 2.17 bits per heavy atom. The maximum atomic E-state index is 16.0. The molecule has 2 aliphatic heterocycles. The zero-order valence-corrected chi connectivity index (χ0v) is 14.8. The Kier molecular flexibility index (Phi) is 3.82. The number of thioether (sulfide) groups is 1. The summed E-state index contributed by atoms with van der Waals surface area (Å²) in [7, 11) is 0. The van der Waals surface area contributed by atoms with E-state index < -0.39 is 17.7 Å². The highest BCUT2D eigenvalue weighted by atomic mass is 79.9. The molecule has 6 heteroatoms. The minimum Gasteiger partial charge on any atom is -0.385 e. The van der Waals surface area contributed by atoms with Crippen molar-refractivity contribution in [3.8, 4) is 0 Å². The number of aliphatic hydroxyl groups excluding tert-OH is 1. The molecule has 2 N–H and O–H groups in total. The Balaban J connectivity index is 1.88. The number of carbonyl (C=O) groups excluding carboxylic acids is 1. The minimum atomic E-state index is -2.00. The number of ketones is 1. The number of allylic oxidation sites excluding steroid dienone is 6. The minimum absolute atomic E-state index is 0.00565. The van der Waals surface area contributed by atoms with Crippen molar-refractivity contribution in [3.63, 3.8) is 0 Å². The molecule has 0 bridgehead atoms. The van der Waals surface area contributed by atoms with Crippen LogP contribution in [0.2, 0.25) is 0 Å². The highest BCUT2D eigenvalue weighted by molar-refractivity contribution is 9.11. The second kappa shape index (κ2) is 5.60. The van der Waals surface area contributed by atoms with Gasteiger partial charge in [0.1, 0.15) is 6.10 Å². The van der Waals surface area contributed by atoms with Crippen molar-refractivity contribution in [1.29, 1.82) is 0 Å². The van der Waals surface area contributed by atoms with Crippen LogP contribution in [0.15, 0.2) is 44.6 Å². The summed E-state index contributed by atoms with van der Waals surface area (Å²) in [5.74, 6) is 0.183. The fourth-order valence-corrected chi connectivity index (χ4v) is 5.67. The smallest absolute Gasteiger partial charge is 0.171 e. The molecule has 0 spiro atoms. The lowest BCUT2D eigenvalue weighted by molar-refractivity contribution is -0.117. The Labute approximate surface area is 146 Å². The first-order chi connectivity index (χ1) is 11.0. The van der Waals surface area contributed by atoms with Crippen molar-refractivity contribution in [1.82, 2.24) is 5.32 Å². The molecule has 122 valence electrons. The fraction of sp³-hybridized carbons (Fsp3) is 0.471. The van der Waals surface area contributed by atoms with Crippen molar-refractivity contribution in [2.75, 3.05) is 5.75 Å². The number of alkyl halides is 1. The second-order valence-electron chi connectivity index (χ2n) is 6.33. The highest BCUT2D eigenvalue weighted by Gasteiger charge is 2.53. The van der Waals surface area contributed by atoms with Crippen molar-refractivity contribution < 1.29 is 14.3 Å². The Morgan fingerprint density at radius 3 is 3.00 bits per heavy atom. The number of Topliss-reactive ketones (excluding diaryl/α,β-unsaturated/α-hetero) is 1. The Bertz CT molecular complexity index is 711. The summed E-state index contributed by atoms with van der Waals surface area (Å²) in [5.41, 5.74) is 0.423. The van der Waals surface area contributed by atoms with Gasteiger partial charge in [-0.25, -0.2) is 4.39 Å². The number of rotatable bonds is 1. The first kappa shape index (κ1) is 15.7. The van der Waals surface area contributed by atoms with Gasteiger partial charge in [-0.3, -0.25) is 4.79 Å². The van der Waals surface area contributed by atoms with Gasteiger partial charge in [0, 0.05) is 38.5 Å². The zero-order chi connectivity index (χ0) is 16.2. The van der Waals surface area contributed by atoms with Crippen molar-refractivity contribution in [2.24, 2.45) is 5.92 Å². The predicted molar refractivity (Wildman–Crippen MR) is 92.6 cm³/mol. The number of carbonyl (C=O) groups is 1. The number of hydrogen-bond acceptors (Lipinski definition) is 4. The summed E-state index contributed by atoms with van der Waals surface area (Å²) in [6.45, 7) is 0. The maximum absolute atomic E-state index is 16.0. The molecule has 23 heavy (non-hydrogen) atoms. The third-order valence-electron chi connectivity index (χ3n) is 4.91. The molecule has 0 aromatic carbocycles. The monoisotopic (exact) mass is 397 g/mol. The largest absolute Gasteiger partial charge is 0.385 e. The number of dihydropyridines is 1. The van der Waals surface area contributed by atoms with Crippen LogP contribution in [-0.2, 0) is 4.79 Å². The first-order valence-corrected chi connectivity index (χ1v) is 9.61. The van der Waals surface area contributed by atoms with Crippen LogP contribution in [0.25, 0.3) is 0 Å².